The molecule has 0 aliphatic carbocycles. The molecule has 1 atom stereocenters. The van der Waals surface area contributed by atoms with Crippen LogP contribution in [0.15, 0.2) is 24.3 Å². The zero-order valence-corrected chi connectivity index (χ0v) is 8.46. The molecule has 0 radical (unpaired) electrons. The SMILES string of the molecule is CCCC(BO)c1ccc(C)cc1. The Morgan fingerprint density at radius 2 is 1.92 bits per heavy atom. The van der Waals surface area contributed by atoms with E-state index >= 15 is 0 Å². The van der Waals surface area contributed by atoms with Gasteiger partial charge in [-0.25, -0.2) is 0 Å². The zero-order valence-electron chi connectivity index (χ0n) is 8.46. The third kappa shape index (κ3) is 2.89. The van der Waals surface area contributed by atoms with Crippen molar-refractivity contribution in [2.24, 2.45) is 0 Å². The summed E-state index contributed by atoms with van der Waals surface area (Å²) in [6.07, 6.45) is 2.19. The molecule has 0 fully saturated rings. The minimum absolute atomic E-state index is 0.261. The molecular formula is C11H17BO. The van der Waals surface area contributed by atoms with Crippen LogP contribution in [0.2, 0.25) is 0 Å². The van der Waals surface area contributed by atoms with Crippen LogP contribution in [0.5, 0.6) is 0 Å². The van der Waals surface area contributed by atoms with Crippen LogP contribution in [0.1, 0.15) is 36.7 Å². The van der Waals surface area contributed by atoms with Gasteiger partial charge in [-0.3, -0.25) is 0 Å². The zero-order chi connectivity index (χ0) is 9.68. The molecule has 0 saturated carbocycles. The Morgan fingerprint density at radius 3 is 2.38 bits per heavy atom. The van der Waals surface area contributed by atoms with E-state index in [-0.39, 0.29) is 7.48 Å². The van der Waals surface area contributed by atoms with Crippen LogP contribution >= 0.6 is 0 Å². The molecule has 0 amide bonds. The minimum atomic E-state index is 0.261. The quantitative estimate of drug-likeness (QED) is 0.697. The summed E-state index contributed by atoms with van der Waals surface area (Å²) < 4.78 is 0. The summed E-state index contributed by atoms with van der Waals surface area (Å²) >= 11 is 0. The standard InChI is InChI=1S/C11H17BO/c1-3-4-11(12-13)10-7-5-9(2)6-8-10/h5-8,11-13H,3-4H2,1-2H3. The van der Waals surface area contributed by atoms with E-state index in [9.17, 15) is 5.02 Å². The van der Waals surface area contributed by atoms with Crippen molar-refractivity contribution in [3.8, 4) is 0 Å². The molecular weight excluding hydrogens is 159 g/mol. The molecule has 2 heteroatoms. The number of hydrogen-bond acceptors (Lipinski definition) is 1. The first-order valence-corrected chi connectivity index (χ1v) is 4.95. The second kappa shape index (κ2) is 5.08. The highest BCUT2D eigenvalue weighted by Crippen LogP contribution is 2.19. The fourth-order valence-corrected chi connectivity index (χ4v) is 1.55. The summed E-state index contributed by atoms with van der Waals surface area (Å²) in [6.45, 7) is 4.23. The molecule has 1 unspecified atom stereocenters. The van der Waals surface area contributed by atoms with Crippen LogP contribution in [0.3, 0.4) is 0 Å². The van der Waals surface area contributed by atoms with E-state index in [1.807, 2.05) is 0 Å². The summed E-state index contributed by atoms with van der Waals surface area (Å²) in [5.41, 5.74) is 2.53. The number of hydrogen-bond donors (Lipinski definition) is 1. The Morgan fingerprint density at radius 1 is 1.31 bits per heavy atom. The first-order chi connectivity index (χ1) is 6.27. The van der Waals surface area contributed by atoms with Crippen LogP contribution < -0.4 is 0 Å². The van der Waals surface area contributed by atoms with Gasteiger partial charge in [-0.15, -0.1) is 0 Å². The molecule has 13 heavy (non-hydrogen) atoms. The summed E-state index contributed by atoms with van der Waals surface area (Å²) in [6, 6.07) is 8.44. The van der Waals surface area contributed by atoms with Crippen molar-refractivity contribution >= 4 is 7.48 Å². The van der Waals surface area contributed by atoms with E-state index in [0.29, 0.717) is 5.82 Å². The van der Waals surface area contributed by atoms with Gasteiger partial charge in [0.1, 0.15) is 0 Å². The molecule has 0 aromatic heterocycles. The molecule has 70 valence electrons. The van der Waals surface area contributed by atoms with E-state index in [0.717, 1.165) is 12.8 Å². The topological polar surface area (TPSA) is 20.2 Å². The average Bonchev–Trinajstić information content (AvgIpc) is 2.16. The van der Waals surface area contributed by atoms with Gasteiger partial charge in [0.15, 0.2) is 0 Å². The summed E-state index contributed by atoms with van der Waals surface area (Å²) in [5, 5.41) is 9.18. The molecule has 0 spiro atoms. The van der Waals surface area contributed by atoms with Gasteiger partial charge in [0.25, 0.3) is 7.48 Å². The summed E-state index contributed by atoms with van der Waals surface area (Å²) in [5.74, 6) is 0.325. The lowest BCUT2D eigenvalue weighted by Crippen LogP contribution is -2.07. The maximum absolute atomic E-state index is 9.18. The Balaban J connectivity index is 2.73. The maximum atomic E-state index is 9.18. The van der Waals surface area contributed by atoms with Crippen molar-refractivity contribution in [2.75, 3.05) is 0 Å². The number of benzene rings is 1. The van der Waals surface area contributed by atoms with Crippen molar-refractivity contribution in [1.29, 1.82) is 0 Å². The van der Waals surface area contributed by atoms with Gasteiger partial charge >= 0.3 is 0 Å². The highest BCUT2D eigenvalue weighted by molar-refractivity contribution is 6.28. The van der Waals surface area contributed by atoms with Gasteiger partial charge in [0.2, 0.25) is 0 Å². The lowest BCUT2D eigenvalue weighted by Gasteiger charge is -2.12. The van der Waals surface area contributed by atoms with Gasteiger partial charge < -0.3 is 5.02 Å². The first-order valence-electron chi connectivity index (χ1n) is 4.95. The van der Waals surface area contributed by atoms with Crippen LogP contribution in [-0.2, 0) is 0 Å². The maximum Gasteiger partial charge on any atom is 0.278 e. The summed E-state index contributed by atoms with van der Waals surface area (Å²) in [7, 11) is 0.261. The van der Waals surface area contributed by atoms with E-state index in [1.54, 1.807) is 0 Å². The monoisotopic (exact) mass is 176 g/mol. The Kier molecular flexibility index (Phi) is 4.03. The molecule has 0 heterocycles. The van der Waals surface area contributed by atoms with Crippen molar-refractivity contribution in [3.63, 3.8) is 0 Å². The lowest BCUT2D eigenvalue weighted by molar-refractivity contribution is 0.568. The molecule has 1 rings (SSSR count). The predicted molar refractivity (Wildman–Crippen MR) is 58.2 cm³/mol. The molecule has 0 saturated heterocycles. The summed E-state index contributed by atoms with van der Waals surface area (Å²) in [4.78, 5) is 0. The van der Waals surface area contributed by atoms with Crippen molar-refractivity contribution in [2.45, 2.75) is 32.5 Å². The van der Waals surface area contributed by atoms with E-state index in [1.165, 1.54) is 11.1 Å². The molecule has 0 bridgehead atoms. The lowest BCUT2D eigenvalue weighted by atomic mass is 9.73. The molecule has 0 aliphatic heterocycles. The van der Waals surface area contributed by atoms with E-state index < -0.39 is 0 Å². The molecule has 1 aromatic carbocycles. The normalized spacial score (nSPS) is 12.5. The highest BCUT2D eigenvalue weighted by atomic mass is 16.2. The second-order valence-corrected chi connectivity index (χ2v) is 3.58. The van der Waals surface area contributed by atoms with Gasteiger partial charge in [-0.2, -0.15) is 0 Å². The molecule has 0 aliphatic rings. The number of rotatable bonds is 4. The van der Waals surface area contributed by atoms with Crippen LogP contribution in [-0.4, -0.2) is 12.5 Å². The van der Waals surface area contributed by atoms with Crippen molar-refractivity contribution < 1.29 is 5.02 Å². The smallest absolute Gasteiger partial charge is 0.278 e. The van der Waals surface area contributed by atoms with E-state index in [2.05, 4.69) is 38.1 Å². The molecule has 1 aromatic rings. The van der Waals surface area contributed by atoms with Crippen LogP contribution in [0.4, 0.5) is 0 Å². The average molecular weight is 176 g/mol. The van der Waals surface area contributed by atoms with Crippen LogP contribution in [0, 0.1) is 6.92 Å². The Hall–Kier alpha value is -0.755. The van der Waals surface area contributed by atoms with Gasteiger partial charge in [0, 0.05) is 0 Å². The van der Waals surface area contributed by atoms with Gasteiger partial charge in [-0.05, 0) is 18.3 Å². The second-order valence-electron chi connectivity index (χ2n) is 3.58. The third-order valence-corrected chi connectivity index (χ3v) is 2.41. The van der Waals surface area contributed by atoms with Gasteiger partial charge in [0.05, 0.1) is 0 Å². The largest absolute Gasteiger partial charge is 0.453 e. The Bertz CT molecular complexity index is 243. The Labute approximate surface area is 81.1 Å². The third-order valence-electron chi connectivity index (χ3n) is 2.41. The van der Waals surface area contributed by atoms with Crippen molar-refractivity contribution in [3.05, 3.63) is 35.4 Å². The highest BCUT2D eigenvalue weighted by Gasteiger charge is 2.10. The first kappa shape index (κ1) is 10.3. The van der Waals surface area contributed by atoms with Crippen molar-refractivity contribution in [1.82, 2.24) is 0 Å². The number of aryl methyl sites for hydroxylation is 1. The van der Waals surface area contributed by atoms with E-state index in [4.69, 9.17) is 0 Å². The minimum Gasteiger partial charge on any atom is -0.453 e. The van der Waals surface area contributed by atoms with Gasteiger partial charge in [-0.1, -0.05) is 49.6 Å². The molecule has 1 nitrogen and oxygen atoms in total. The van der Waals surface area contributed by atoms with Crippen LogP contribution in [0.25, 0.3) is 0 Å². The molecule has 1 N–H and O–H groups in total. The predicted octanol–water partition coefficient (Wildman–Crippen LogP) is 2.18. The fraction of sp³-hybridized carbons (Fsp3) is 0.455. The fourth-order valence-electron chi connectivity index (χ4n) is 1.55.